The number of Topliss-reactive ketones (excluding diaryl/α,β-unsaturated/α-hetero) is 2. The highest BCUT2D eigenvalue weighted by atomic mass is 35.5. The molecule has 0 saturated carbocycles. The molecule has 0 amide bonds. The van der Waals surface area contributed by atoms with E-state index in [0.29, 0.717) is 50.6 Å². The maximum atomic E-state index is 13.4. The van der Waals surface area contributed by atoms with Gasteiger partial charge in [0.05, 0.1) is 36.2 Å². The van der Waals surface area contributed by atoms with Gasteiger partial charge in [-0.25, -0.2) is 0 Å². The molecule has 0 bridgehead atoms. The van der Waals surface area contributed by atoms with E-state index in [-0.39, 0.29) is 60.7 Å². The Labute approximate surface area is 210 Å². The van der Waals surface area contributed by atoms with Crippen molar-refractivity contribution in [1.82, 2.24) is 10.6 Å². The highest BCUT2D eigenvalue weighted by Gasteiger charge is 2.48. The number of carbonyl (C=O) groups is 2. The van der Waals surface area contributed by atoms with Crippen LogP contribution in [-0.2, 0) is 0 Å². The number of aliphatic hydroxyl groups is 4. The number of nitrogens with one attached hydrogen (secondary N) is 4. The average Bonchev–Trinajstić information content (AvgIpc) is 2.78. The summed E-state index contributed by atoms with van der Waals surface area (Å²) in [6.45, 7) is 2.89. The van der Waals surface area contributed by atoms with Gasteiger partial charge in [0.1, 0.15) is 11.5 Å². The molecule has 0 saturated heterocycles. The Balaban J connectivity index is 0.00000289. The summed E-state index contributed by atoms with van der Waals surface area (Å²) in [5.41, 5.74) is 1.30. The van der Waals surface area contributed by atoms with Crippen molar-refractivity contribution >= 4 is 47.8 Å². The number of aliphatic hydroxyl groups excluding tert-OH is 4. The molecular formula is C22H32Cl2N4O6. The van der Waals surface area contributed by atoms with Gasteiger partial charge in [-0.15, -0.1) is 24.8 Å². The van der Waals surface area contributed by atoms with E-state index in [1.807, 2.05) is 0 Å². The number of rotatable bonds is 12. The van der Waals surface area contributed by atoms with Gasteiger partial charge >= 0.3 is 0 Å². The molecular weight excluding hydrogens is 487 g/mol. The third-order valence-corrected chi connectivity index (χ3v) is 5.47. The minimum atomic E-state index is -1.16. The average molecular weight is 519 g/mol. The van der Waals surface area contributed by atoms with Crippen LogP contribution in [-0.4, -0.2) is 84.5 Å². The topological polar surface area (TPSA) is 163 Å². The van der Waals surface area contributed by atoms with E-state index >= 15 is 0 Å². The van der Waals surface area contributed by atoms with E-state index in [1.54, 1.807) is 12.1 Å². The minimum absolute atomic E-state index is 0. The van der Waals surface area contributed by atoms with Gasteiger partial charge < -0.3 is 41.7 Å². The van der Waals surface area contributed by atoms with Crippen LogP contribution in [0.15, 0.2) is 35.8 Å². The molecule has 0 heterocycles. The van der Waals surface area contributed by atoms with Gasteiger partial charge in [0.25, 0.3) is 0 Å². The zero-order valence-electron chi connectivity index (χ0n) is 18.5. The number of benzene rings is 1. The number of fused-ring (bicyclic) bond motifs is 2. The monoisotopic (exact) mass is 518 g/mol. The summed E-state index contributed by atoms with van der Waals surface area (Å²) in [5.74, 6) is -3.70. The molecule has 0 radical (unpaired) electrons. The number of halogens is 2. The third-order valence-electron chi connectivity index (χ3n) is 5.47. The van der Waals surface area contributed by atoms with Gasteiger partial charge in [-0.1, -0.05) is 0 Å². The van der Waals surface area contributed by atoms with E-state index in [4.69, 9.17) is 10.2 Å². The Morgan fingerprint density at radius 1 is 0.647 bits per heavy atom. The van der Waals surface area contributed by atoms with Gasteiger partial charge in [-0.05, 0) is 24.3 Å². The van der Waals surface area contributed by atoms with Crippen LogP contribution in [0.25, 0.3) is 0 Å². The zero-order valence-corrected chi connectivity index (χ0v) is 20.2. The summed E-state index contributed by atoms with van der Waals surface area (Å²) in [4.78, 5) is 26.9. The fraction of sp³-hybridized carbons (Fsp3) is 0.455. The van der Waals surface area contributed by atoms with Gasteiger partial charge in [0.2, 0.25) is 0 Å². The third kappa shape index (κ3) is 6.41. The number of anilines is 2. The molecule has 2 atom stereocenters. The summed E-state index contributed by atoms with van der Waals surface area (Å²) in [5, 5.41) is 50.7. The molecule has 2 aliphatic carbocycles. The van der Waals surface area contributed by atoms with E-state index < -0.39 is 23.4 Å². The van der Waals surface area contributed by atoms with Crippen molar-refractivity contribution < 1.29 is 30.0 Å². The molecule has 10 nitrogen and oxygen atoms in total. The standard InChI is InChI=1S/C22H30N4O6.2ClH/c27-11-9-23-5-7-25-13-1-2-14(26-8-6-24-10-12-28)18-17(13)21(31)19-15(29)3-4-16(30)20(19)22(18)32;;/h1-4,19-20,23-30H,5-12H2;2*1H. The Bertz CT molecular complexity index is 852. The van der Waals surface area contributed by atoms with Crippen LogP contribution in [0.4, 0.5) is 11.4 Å². The fourth-order valence-electron chi connectivity index (χ4n) is 3.99. The largest absolute Gasteiger partial charge is 0.511 e. The maximum absolute atomic E-state index is 13.4. The SMILES string of the molecule is Cl.Cl.O=C1c2c(NCCNCCO)ccc(NCCNCCO)c2C(=O)C2C(O)=CC=C(O)C12. The summed E-state index contributed by atoms with van der Waals surface area (Å²) < 4.78 is 0. The zero-order chi connectivity index (χ0) is 23.1. The predicted molar refractivity (Wildman–Crippen MR) is 135 cm³/mol. The van der Waals surface area contributed by atoms with Crippen LogP contribution in [0.1, 0.15) is 20.7 Å². The summed E-state index contributed by atoms with van der Waals surface area (Å²) in [6.07, 6.45) is 2.49. The number of hydrogen-bond acceptors (Lipinski definition) is 10. The first-order valence-corrected chi connectivity index (χ1v) is 10.7. The second-order valence-corrected chi connectivity index (χ2v) is 7.58. The highest BCUT2D eigenvalue weighted by Crippen LogP contribution is 2.44. The van der Waals surface area contributed by atoms with Crippen LogP contribution in [0.2, 0.25) is 0 Å². The molecule has 1 aromatic rings. The van der Waals surface area contributed by atoms with E-state index in [9.17, 15) is 19.8 Å². The molecule has 0 fully saturated rings. The Hall–Kier alpha value is -2.34. The molecule has 0 aliphatic heterocycles. The lowest BCUT2D eigenvalue weighted by molar-refractivity contribution is 0.0710. The fourth-order valence-corrected chi connectivity index (χ4v) is 3.99. The molecule has 0 spiro atoms. The smallest absolute Gasteiger partial charge is 0.177 e. The number of carbonyl (C=O) groups excluding carboxylic acids is 2. The lowest BCUT2D eigenvalue weighted by Gasteiger charge is -2.34. The van der Waals surface area contributed by atoms with Crippen LogP contribution < -0.4 is 21.3 Å². The highest BCUT2D eigenvalue weighted by molar-refractivity contribution is 6.22. The maximum Gasteiger partial charge on any atom is 0.177 e. The van der Waals surface area contributed by atoms with Crippen molar-refractivity contribution in [3.63, 3.8) is 0 Å². The van der Waals surface area contributed by atoms with Crippen molar-refractivity contribution in [3.05, 3.63) is 46.9 Å². The Morgan fingerprint density at radius 3 is 1.38 bits per heavy atom. The first-order chi connectivity index (χ1) is 15.5. The Morgan fingerprint density at radius 2 is 1.03 bits per heavy atom. The van der Waals surface area contributed by atoms with Gasteiger partial charge in [-0.2, -0.15) is 0 Å². The Kier molecular flexibility index (Phi) is 12.4. The van der Waals surface area contributed by atoms with Crippen molar-refractivity contribution in [2.45, 2.75) is 0 Å². The summed E-state index contributed by atoms with van der Waals surface area (Å²) in [6, 6.07) is 3.41. The normalized spacial score (nSPS) is 18.5. The van der Waals surface area contributed by atoms with Gasteiger partial charge in [0.15, 0.2) is 11.6 Å². The number of ketones is 2. The molecule has 3 rings (SSSR count). The summed E-state index contributed by atoms with van der Waals surface area (Å²) in [7, 11) is 0. The van der Waals surface area contributed by atoms with E-state index in [2.05, 4.69) is 21.3 Å². The van der Waals surface area contributed by atoms with E-state index in [1.165, 1.54) is 12.2 Å². The predicted octanol–water partition coefficient (Wildman–Crippen LogP) is 1.03. The van der Waals surface area contributed by atoms with Crippen molar-refractivity contribution in [3.8, 4) is 0 Å². The lowest BCUT2D eigenvalue weighted by Crippen LogP contribution is -2.41. The molecule has 2 unspecified atom stereocenters. The molecule has 0 aromatic heterocycles. The van der Waals surface area contributed by atoms with Crippen molar-refractivity contribution in [2.75, 3.05) is 63.1 Å². The van der Waals surface area contributed by atoms with Gasteiger partial charge in [0, 0.05) is 50.6 Å². The number of allylic oxidation sites excluding steroid dienone is 4. The van der Waals surface area contributed by atoms with Crippen LogP contribution in [0.5, 0.6) is 0 Å². The van der Waals surface area contributed by atoms with Crippen molar-refractivity contribution in [2.24, 2.45) is 11.8 Å². The molecule has 2 aliphatic rings. The number of hydrogen-bond donors (Lipinski definition) is 8. The van der Waals surface area contributed by atoms with Crippen LogP contribution >= 0.6 is 24.8 Å². The van der Waals surface area contributed by atoms with Crippen molar-refractivity contribution in [1.29, 1.82) is 0 Å². The van der Waals surface area contributed by atoms with Gasteiger partial charge in [-0.3, -0.25) is 9.59 Å². The molecule has 1 aromatic carbocycles. The second kappa shape index (κ2) is 14.1. The molecule has 12 heteroatoms. The first-order valence-electron chi connectivity index (χ1n) is 10.7. The minimum Gasteiger partial charge on any atom is -0.511 e. The second-order valence-electron chi connectivity index (χ2n) is 7.58. The first kappa shape index (κ1) is 29.7. The molecule has 8 N–H and O–H groups in total. The van der Waals surface area contributed by atoms with Crippen LogP contribution in [0.3, 0.4) is 0 Å². The molecule has 34 heavy (non-hydrogen) atoms. The summed E-state index contributed by atoms with van der Waals surface area (Å²) >= 11 is 0. The van der Waals surface area contributed by atoms with E-state index in [0.717, 1.165) is 0 Å². The van der Waals surface area contributed by atoms with Crippen LogP contribution in [0, 0.1) is 11.8 Å². The molecule has 190 valence electrons. The quantitative estimate of drug-likeness (QED) is 0.187. The lowest BCUT2D eigenvalue weighted by atomic mass is 9.69.